The number of hydrogen-bond acceptors (Lipinski definition) is 4. The molecule has 32 heavy (non-hydrogen) atoms. The highest BCUT2D eigenvalue weighted by Crippen LogP contribution is 2.39. The Morgan fingerprint density at radius 3 is 2.31 bits per heavy atom. The van der Waals surface area contributed by atoms with Crippen LogP contribution in [0.3, 0.4) is 0 Å². The lowest BCUT2D eigenvalue weighted by atomic mass is 9.76. The molecule has 0 saturated heterocycles. The second kappa shape index (κ2) is 9.35. The highest BCUT2D eigenvalue weighted by molar-refractivity contribution is 7.18. The summed E-state index contributed by atoms with van der Waals surface area (Å²) in [4.78, 5) is 17.9. The number of hydrogen-bond donors (Lipinski definition) is 0. The van der Waals surface area contributed by atoms with Crippen LogP contribution in [0, 0.1) is 6.92 Å². The fraction of sp³-hybridized carbons (Fsp3) is 0.500. The molecular formula is C28H37NO2S. The smallest absolute Gasteiger partial charge is 0.203 e. The maximum atomic E-state index is 13.4. The number of carbonyl (C=O) groups is 1. The third-order valence-electron chi connectivity index (χ3n) is 6.97. The minimum absolute atomic E-state index is 0.0265. The quantitative estimate of drug-likeness (QED) is 0.309. The monoisotopic (exact) mass is 451 g/mol. The fourth-order valence-corrected chi connectivity index (χ4v) is 4.70. The first-order valence-electron chi connectivity index (χ1n) is 11.8. The van der Waals surface area contributed by atoms with Crippen molar-refractivity contribution < 1.29 is 9.53 Å². The lowest BCUT2D eigenvalue weighted by Crippen LogP contribution is -2.29. The molecule has 0 radical (unpaired) electrons. The predicted molar refractivity (Wildman–Crippen MR) is 136 cm³/mol. The molecule has 0 aliphatic rings. The number of thiazole rings is 1. The van der Waals surface area contributed by atoms with Crippen molar-refractivity contribution in [2.24, 2.45) is 0 Å². The van der Waals surface area contributed by atoms with Crippen LogP contribution in [-0.2, 0) is 10.8 Å². The van der Waals surface area contributed by atoms with Crippen molar-refractivity contribution >= 4 is 27.3 Å². The van der Waals surface area contributed by atoms with Crippen molar-refractivity contribution in [3.63, 3.8) is 0 Å². The summed E-state index contributed by atoms with van der Waals surface area (Å²) in [5.41, 5.74) is 4.18. The van der Waals surface area contributed by atoms with E-state index in [0.29, 0.717) is 12.0 Å². The van der Waals surface area contributed by atoms with Crippen molar-refractivity contribution in [3.05, 3.63) is 58.1 Å². The Labute approximate surface area is 197 Å². The Balaban J connectivity index is 1.97. The summed E-state index contributed by atoms with van der Waals surface area (Å²) in [6.07, 6.45) is 2.16. The molecule has 0 spiro atoms. The van der Waals surface area contributed by atoms with Crippen LogP contribution in [0.1, 0.15) is 94.2 Å². The maximum Gasteiger partial charge on any atom is 0.203 e. The average Bonchev–Trinajstić information content (AvgIpc) is 3.15. The molecule has 0 aliphatic carbocycles. The molecule has 172 valence electrons. The van der Waals surface area contributed by atoms with Gasteiger partial charge in [0, 0.05) is 11.1 Å². The molecule has 3 aromatic rings. The van der Waals surface area contributed by atoms with E-state index in [0.717, 1.165) is 33.8 Å². The van der Waals surface area contributed by atoms with Gasteiger partial charge in [0.05, 0.1) is 15.2 Å². The Morgan fingerprint density at radius 1 is 1.00 bits per heavy atom. The summed E-state index contributed by atoms with van der Waals surface area (Å²) in [7, 11) is 0. The topological polar surface area (TPSA) is 39.2 Å². The van der Waals surface area contributed by atoms with Gasteiger partial charge in [-0.1, -0.05) is 60.6 Å². The molecular weight excluding hydrogens is 414 g/mol. The molecule has 1 unspecified atom stereocenters. The average molecular weight is 452 g/mol. The number of rotatable bonds is 9. The first kappa shape index (κ1) is 24.4. The van der Waals surface area contributed by atoms with Gasteiger partial charge in [-0.25, -0.2) is 4.98 Å². The van der Waals surface area contributed by atoms with Gasteiger partial charge in [0.1, 0.15) is 5.75 Å². The number of nitrogens with zero attached hydrogens (tertiary/aromatic N) is 1. The van der Waals surface area contributed by atoms with Crippen molar-refractivity contribution in [2.45, 2.75) is 91.6 Å². The van der Waals surface area contributed by atoms with Crippen LogP contribution < -0.4 is 4.74 Å². The van der Waals surface area contributed by atoms with E-state index in [4.69, 9.17) is 4.74 Å². The van der Waals surface area contributed by atoms with Crippen molar-refractivity contribution in [1.82, 2.24) is 4.98 Å². The van der Waals surface area contributed by atoms with Crippen molar-refractivity contribution in [1.29, 1.82) is 0 Å². The van der Waals surface area contributed by atoms with E-state index in [1.165, 1.54) is 11.1 Å². The molecule has 0 amide bonds. The zero-order valence-electron chi connectivity index (χ0n) is 20.8. The molecule has 1 atom stereocenters. The largest absolute Gasteiger partial charge is 0.482 e. The SMILES string of the molecule is CCC(Oc1ccc(C(C)(C)CC)cc1C(C)(C)CC)C(=O)c1ccc2nc(C)sc2c1. The first-order chi connectivity index (χ1) is 15.0. The highest BCUT2D eigenvalue weighted by Gasteiger charge is 2.29. The summed E-state index contributed by atoms with van der Waals surface area (Å²) in [6.45, 7) is 17.5. The van der Waals surface area contributed by atoms with Crippen LogP contribution in [0.5, 0.6) is 5.75 Å². The molecule has 1 heterocycles. The molecule has 0 N–H and O–H groups in total. The van der Waals surface area contributed by atoms with E-state index < -0.39 is 6.10 Å². The van der Waals surface area contributed by atoms with Gasteiger partial charge in [-0.15, -0.1) is 11.3 Å². The summed E-state index contributed by atoms with van der Waals surface area (Å²) >= 11 is 1.62. The Bertz CT molecular complexity index is 1110. The number of fused-ring (bicyclic) bond motifs is 1. The fourth-order valence-electron chi connectivity index (χ4n) is 3.83. The van der Waals surface area contributed by atoms with Crippen LogP contribution in [-0.4, -0.2) is 16.9 Å². The third kappa shape index (κ3) is 4.91. The van der Waals surface area contributed by atoms with Crippen LogP contribution in [0.15, 0.2) is 36.4 Å². The number of aromatic nitrogens is 1. The van der Waals surface area contributed by atoms with Gasteiger partial charge in [-0.3, -0.25) is 4.79 Å². The van der Waals surface area contributed by atoms with Crippen LogP contribution in [0.25, 0.3) is 10.2 Å². The number of carbonyl (C=O) groups excluding carboxylic acids is 1. The van der Waals surface area contributed by atoms with E-state index in [-0.39, 0.29) is 16.6 Å². The zero-order valence-corrected chi connectivity index (χ0v) is 21.7. The van der Waals surface area contributed by atoms with E-state index in [1.54, 1.807) is 11.3 Å². The lowest BCUT2D eigenvalue weighted by molar-refractivity contribution is 0.0783. The first-order valence-corrected chi connectivity index (χ1v) is 12.6. The Morgan fingerprint density at radius 2 is 1.69 bits per heavy atom. The van der Waals surface area contributed by atoms with Gasteiger partial charge in [-0.05, 0) is 66.8 Å². The Kier molecular flexibility index (Phi) is 7.14. The van der Waals surface area contributed by atoms with Gasteiger partial charge in [0.25, 0.3) is 0 Å². The van der Waals surface area contributed by atoms with Crippen LogP contribution in [0.4, 0.5) is 0 Å². The van der Waals surface area contributed by atoms with Crippen LogP contribution in [0.2, 0.25) is 0 Å². The maximum absolute atomic E-state index is 13.4. The molecule has 3 rings (SSSR count). The number of ketones is 1. The second-order valence-electron chi connectivity index (χ2n) is 9.98. The summed E-state index contributed by atoms with van der Waals surface area (Å²) in [5, 5.41) is 1.01. The van der Waals surface area contributed by atoms with E-state index in [2.05, 4.69) is 64.7 Å². The summed E-state index contributed by atoms with van der Waals surface area (Å²) in [5.74, 6) is 0.848. The summed E-state index contributed by atoms with van der Waals surface area (Å²) in [6, 6.07) is 12.3. The van der Waals surface area contributed by atoms with Crippen molar-refractivity contribution in [2.75, 3.05) is 0 Å². The predicted octanol–water partition coefficient (Wildman–Crippen LogP) is 8.02. The standard InChI is InChI=1S/C28H37NO2S/c1-9-23(26(30)19-12-14-22-25(16-19)32-18(4)29-22)31-24-15-13-20(27(5,6)10-2)17-21(24)28(7,8)11-3/h12-17,23H,9-11H2,1-8H3. The van der Waals surface area contributed by atoms with Gasteiger partial charge >= 0.3 is 0 Å². The zero-order chi connectivity index (χ0) is 23.7. The molecule has 1 aromatic heterocycles. The van der Waals surface area contributed by atoms with Gasteiger partial charge in [-0.2, -0.15) is 0 Å². The minimum atomic E-state index is -0.516. The normalized spacial score (nSPS) is 13.4. The third-order valence-corrected chi connectivity index (χ3v) is 7.90. The number of benzene rings is 2. The molecule has 0 fully saturated rings. The number of Topliss-reactive ketones (excluding diaryl/α,β-unsaturated/α-hetero) is 1. The molecule has 3 nitrogen and oxygen atoms in total. The van der Waals surface area contributed by atoms with Gasteiger partial charge in [0.2, 0.25) is 5.78 Å². The van der Waals surface area contributed by atoms with Crippen LogP contribution >= 0.6 is 11.3 Å². The molecule has 0 aliphatic heterocycles. The van der Waals surface area contributed by atoms with Gasteiger partial charge in [0.15, 0.2) is 6.10 Å². The number of ether oxygens (including phenoxy) is 1. The van der Waals surface area contributed by atoms with E-state index in [9.17, 15) is 4.79 Å². The van der Waals surface area contributed by atoms with Gasteiger partial charge < -0.3 is 4.74 Å². The molecule has 4 heteroatoms. The molecule has 0 saturated carbocycles. The van der Waals surface area contributed by atoms with Crippen molar-refractivity contribution in [3.8, 4) is 5.75 Å². The summed E-state index contributed by atoms with van der Waals surface area (Å²) < 4.78 is 7.50. The second-order valence-corrected chi connectivity index (χ2v) is 11.2. The lowest BCUT2D eigenvalue weighted by Gasteiger charge is -2.31. The highest BCUT2D eigenvalue weighted by atomic mass is 32.1. The molecule has 2 aromatic carbocycles. The molecule has 0 bridgehead atoms. The van der Waals surface area contributed by atoms with E-state index in [1.807, 2.05) is 32.0 Å². The Hall–Kier alpha value is -2.20. The minimum Gasteiger partial charge on any atom is -0.482 e. The number of aryl methyl sites for hydroxylation is 1. The van der Waals surface area contributed by atoms with E-state index >= 15 is 0 Å².